The Balaban J connectivity index is 1.67. The summed E-state index contributed by atoms with van der Waals surface area (Å²) >= 11 is 0. The summed E-state index contributed by atoms with van der Waals surface area (Å²) in [6, 6.07) is 5.11. The fraction of sp³-hybridized carbons (Fsp3) is 0.385. The molecule has 1 aliphatic heterocycles. The largest absolute Gasteiger partial charge is 0.354 e. The SMILES string of the molecule is O=C1CCC(NC(=O)Cn2nc3ccccn3c2=O)CN1. The van der Waals surface area contributed by atoms with E-state index in [1.807, 2.05) is 0 Å². The van der Waals surface area contributed by atoms with Gasteiger partial charge in [0.25, 0.3) is 0 Å². The van der Waals surface area contributed by atoms with Crippen LogP contribution in [0.4, 0.5) is 0 Å². The third-order valence-corrected chi connectivity index (χ3v) is 3.41. The van der Waals surface area contributed by atoms with Crippen molar-refractivity contribution in [1.29, 1.82) is 0 Å². The summed E-state index contributed by atoms with van der Waals surface area (Å²) in [7, 11) is 0. The van der Waals surface area contributed by atoms with Crippen LogP contribution in [0.5, 0.6) is 0 Å². The summed E-state index contributed by atoms with van der Waals surface area (Å²) in [4.78, 5) is 35.0. The molecule has 1 unspecified atom stereocenters. The van der Waals surface area contributed by atoms with Crippen LogP contribution in [-0.4, -0.2) is 38.6 Å². The van der Waals surface area contributed by atoms with E-state index in [0.717, 1.165) is 4.68 Å². The van der Waals surface area contributed by atoms with Gasteiger partial charge in [-0.15, -0.1) is 5.10 Å². The Labute approximate surface area is 119 Å². The molecule has 1 aliphatic rings. The minimum absolute atomic E-state index is 0.00271. The van der Waals surface area contributed by atoms with Crippen LogP contribution in [-0.2, 0) is 16.1 Å². The van der Waals surface area contributed by atoms with Gasteiger partial charge in [0.1, 0.15) is 6.54 Å². The summed E-state index contributed by atoms with van der Waals surface area (Å²) < 4.78 is 2.51. The zero-order valence-electron chi connectivity index (χ0n) is 11.3. The minimum atomic E-state index is -0.349. The van der Waals surface area contributed by atoms with Crippen molar-refractivity contribution in [1.82, 2.24) is 24.8 Å². The number of rotatable bonds is 3. The Morgan fingerprint density at radius 3 is 3.00 bits per heavy atom. The number of nitrogens with zero attached hydrogens (tertiary/aromatic N) is 3. The number of nitrogens with one attached hydrogen (secondary N) is 2. The Morgan fingerprint density at radius 1 is 1.43 bits per heavy atom. The lowest BCUT2D eigenvalue weighted by atomic mass is 10.1. The number of aromatic nitrogens is 3. The van der Waals surface area contributed by atoms with Crippen molar-refractivity contribution in [2.75, 3.05) is 6.54 Å². The third-order valence-electron chi connectivity index (χ3n) is 3.41. The fourth-order valence-electron chi connectivity index (χ4n) is 2.34. The molecule has 3 rings (SSSR count). The highest BCUT2D eigenvalue weighted by atomic mass is 16.2. The average molecular weight is 289 g/mol. The second kappa shape index (κ2) is 5.39. The molecule has 2 aromatic heterocycles. The molecule has 0 bridgehead atoms. The Kier molecular flexibility index (Phi) is 3.43. The van der Waals surface area contributed by atoms with Gasteiger partial charge in [-0.1, -0.05) is 6.07 Å². The molecule has 0 saturated carbocycles. The molecule has 8 heteroatoms. The van der Waals surface area contributed by atoms with E-state index in [-0.39, 0.29) is 30.1 Å². The number of hydrogen-bond acceptors (Lipinski definition) is 4. The van der Waals surface area contributed by atoms with Gasteiger partial charge in [0.2, 0.25) is 11.8 Å². The van der Waals surface area contributed by atoms with Crippen LogP contribution in [0.2, 0.25) is 0 Å². The number of carbonyl (C=O) groups is 2. The summed E-state index contributed by atoms with van der Waals surface area (Å²) in [5.74, 6) is -0.293. The summed E-state index contributed by atoms with van der Waals surface area (Å²) in [6.07, 6.45) is 2.62. The lowest BCUT2D eigenvalue weighted by molar-refractivity contribution is -0.126. The first-order valence-electron chi connectivity index (χ1n) is 6.74. The first-order valence-corrected chi connectivity index (χ1v) is 6.74. The topological polar surface area (TPSA) is 97.5 Å². The smallest absolute Gasteiger partial charge is 0.350 e. The van der Waals surface area contributed by atoms with Crippen molar-refractivity contribution >= 4 is 17.5 Å². The van der Waals surface area contributed by atoms with Crippen molar-refractivity contribution in [3.8, 4) is 0 Å². The molecule has 1 fully saturated rings. The number of hydrogen-bond donors (Lipinski definition) is 2. The summed E-state index contributed by atoms with van der Waals surface area (Å²) in [5, 5.41) is 9.58. The maximum Gasteiger partial charge on any atom is 0.350 e. The van der Waals surface area contributed by atoms with Crippen molar-refractivity contribution in [2.24, 2.45) is 0 Å². The van der Waals surface area contributed by atoms with E-state index < -0.39 is 0 Å². The normalized spacial score (nSPS) is 18.5. The molecular formula is C13H15N5O3. The fourth-order valence-corrected chi connectivity index (χ4v) is 2.34. The standard InChI is InChI=1S/C13H15N5O3/c19-11-5-4-9(7-14-11)15-12(20)8-18-13(21)17-6-2-1-3-10(17)16-18/h1-3,6,9H,4-5,7-8H2,(H,14,19)(H,15,20). The van der Waals surface area contributed by atoms with Gasteiger partial charge in [0, 0.05) is 25.2 Å². The van der Waals surface area contributed by atoms with E-state index in [9.17, 15) is 14.4 Å². The predicted molar refractivity (Wildman–Crippen MR) is 73.6 cm³/mol. The second-order valence-corrected chi connectivity index (χ2v) is 4.98. The Hall–Kier alpha value is -2.64. The number of carbonyl (C=O) groups excluding carboxylic acids is 2. The molecule has 0 spiro atoms. The average Bonchev–Trinajstić information content (AvgIpc) is 2.78. The molecule has 8 nitrogen and oxygen atoms in total. The molecule has 3 heterocycles. The lowest BCUT2D eigenvalue weighted by Gasteiger charge is -2.23. The van der Waals surface area contributed by atoms with Crippen LogP contribution in [0.3, 0.4) is 0 Å². The highest BCUT2D eigenvalue weighted by Crippen LogP contribution is 2.02. The van der Waals surface area contributed by atoms with Gasteiger partial charge in [-0.05, 0) is 18.6 Å². The van der Waals surface area contributed by atoms with Gasteiger partial charge in [0.05, 0.1) is 0 Å². The van der Waals surface area contributed by atoms with E-state index in [2.05, 4.69) is 15.7 Å². The van der Waals surface area contributed by atoms with Gasteiger partial charge in [-0.2, -0.15) is 0 Å². The minimum Gasteiger partial charge on any atom is -0.354 e. The highest BCUT2D eigenvalue weighted by molar-refractivity contribution is 5.78. The first kappa shape index (κ1) is 13.3. The molecule has 1 saturated heterocycles. The van der Waals surface area contributed by atoms with E-state index in [1.54, 1.807) is 24.4 Å². The Bertz CT molecular complexity index is 738. The molecule has 21 heavy (non-hydrogen) atoms. The molecule has 0 aliphatic carbocycles. The quantitative estimate of drug-likeness (QED) is 0.748. The zero-order chi connectivity index (χ0) is 14.8. The zero-order valence-corrected chi connectivity index (χ0v) is 11.3. The molecule has 0 radical (unpaired) electrons. The van der Waals surface area contributed by atoms with E-state index in [1.165, 1.54) is 4.40 Å². The monoisotopic (exact) mass is 289 g/mol. The maximum atomic E-state index is 12.0. The van der Waals surface area contributed by atoms with Gasteiger partial charge in [-0.3, -0.25) is 14.0 Å². The molecule has 110 valence electrons. The number of piperidine rings is 1. The summed E-state index contributed by atoms with van der Waals surface area (Å²) in [5.41, 5.74) is 0.151. The van der Waals surface area contributed by atoms with E-state index in [4.69, 9.17) is 0 Å². The molecule has 0 aromatic carbocycles. The molecule has 2 aromatic rings. The molecule has 2 N–H and O–H groups in total. The van der Waals surface area contributed by atoms with E-state index in [0.29, 0.717) is 25.0 Å². The lowest BCUT2D eigenvalue weighted by Crippen LogP contribution is -2.49. The summed E-state index contributed by atoms with van der Waals surface area (Å²) in [6.45, 7) is 0.287. The van der Waals surface area contributed by atoms with Crippen molar-refractivity contribution in [2.45, 2.75) is 25.4 Å². The van der Waals surface area contributed by atoms with Crippen molar-refractivity contribution < 1.29 is 9.59 Å². The van der Waals surface area contributed by atoms with Crippen LogP contribution >= 0.6 is 0 Å². The third kappa shape index (κ3) is 2.78. The molecule has 1 atom stereocenters. The Morgan fingerprint density at radius 2 is 2.29 bits per heavy atom. The van der Waals surface area contributed by atoms with Crippen LogP contribution in [0.1, 0.15) is 12.8 Å². The van der Waals surface area contributed by atoms with Gasteiger partial charge in [-0.25, -0.2) is 9.48 Å². The van der Waals surface area contributed by atoms with Crippen LogP contribution in [0.25, 0.3) is 5.65 Å². The second-order valence-electron chi connectivity index (χ2n) is 4.98. The molecular weight excluding hydrogens is 274 g/mol. The predicted octanol–water partition coefficient (Wildman–Crippen LogP) is -1.11. The maximum absolute atomic E-state index is 12.0. The number of pyridine rings is 1. The van der Waals surface area contributed by atoms with Crippen molar-refractivity contribution in [3.05, 3.63) is 34.9 Å². The van der Waals surface area contributed by atoms with Crippen LogP contribution in [0.15, 0.2) is 29.2 Å². The number of amides is 2. The van der Waals surface area contributed by atoms with Gasteiger partial charge < -0.3 is 10.6 Å². The number of fused-ring (bicyclic) bond motifs is 1. The van der Waals surface area contributed by atoms with Crippen LogP contribution in [0, 0.1) is 0 Å². The molecule has 2 amide bonds. The van der Waals surface area contributed by atoms with Gasteiger partial charge >= 0.3 is 5.69 Å². The highest BCUT2D eigenvalue weighted by Gasteiger charge is 2.20. The first-order chi connectivity index (χ1) is 10.1. The van der Waals surface area contributed by atoms with E-state index >= 15 is 0 Å². The van der Waals surface area contributed by atoms with Gasteiger partial charge in [0.15, 0.2) is 5.65 Å². The van der Waals surface area contributed by atoms with Crippen LogP contribution < -0.4 is 16.3 Å². The van der Waals surface area contributed by atoms with Crippen molar-refractivity contribution in [3.63, 3.8) is 0 Å².